The van der Waals surface area contributed by atoms with E-state index in [0.29, 0.717) is 5.69 Å². The monoisotopic (exact) mass is 316 g/mol. The van der Waals surface area contributed by atoms with Gasteiger partial charge in [0.2, 0.25) is 0 Å². The first kappa shape index (κ1) is 14.7. The van der Waals surface area contributed by atoms with E-state index < -0.39 is 15.9 Å². The quantitative estimate of drug-likeness (QED) is 0.870. The van der Waals surface area contributed by atoms with Crippen LogP contribution < -0.4 is 4.31 Å². The first-order valence-corrected chi connectivity index (χ1v) is 8.63. The molecule has 0 radical (unpaired) electrons. The summed E-state index contributed by atoms with van der Waals surface area (Å²) in [5, 5.41) is -0.171. The highest BCUT2D eigenvalue weighted by Crippen LogP contribution is 2.33. The molecule has 3 rings (SSSR count). The summed E-state index contributed by atoms with van der Waals surface area (Å²) in [6, 6.07) is 10.1. The summed E-state index contributed by atoms with van der Waals surface area (Å²) >= 11 is 0. The maximum absolute atomic E-state index is 12.5. The van der Waals surface area contributed by atoms with Crippen LogP contribution in [0, 0.1) is 0 Å². The van der Waals surface area contributed by atoms with Gasteiger partial charge in [-0.25, -0.2) is 4.98 Å². The van der Waals surface area contributed by atoms with Gasteiger partial charge in [0, 0.05) is 6.20 Å². The highest BCUT2D eigenvalue weighted by molar-refractivity contribution is 7.94. The Morgan fingerprint density at radius 3 is 2.50 bits per heavy atom. The maximum Gasteiger partial charge on any atom is 0.289 e. The van der Waals surface area contributed by atoms with Crippen LogP contribution in [0.15, 0.2) is 47.6 Å². The first-order chi connectivity index (χ1) is 10.6. The number of pyridine rings is 1. The second-order valence-corrected chi connectivity index (χ2v) is 6.90. The number of hydrogen-bond donors (Lipinski definition) is 0. The number of aryl methyl sites for hydroxylation is 1. The Morgan fingerprint density at radius 1 is 1.14 bits per heavy atom. The number of aromatic nitrogens is 1. The Bertz CT molecular complexity index is 814. The van der Waals surface area contributed by atoms with Crippen molar-refractivity contribution in [3.05, 3.63) is 53.7 Å². The molecule has 1 amide bonds. The van der Waals surface area contributed by atoms with Gasteiger partial charge in [-0.05, 0) is 42.7 Å². The van der Waals surface area contributed by atoms with Gasteiger partial charge in [-0.15, -0.1) is 0 Å². The van der Waals surface area contributed by atoms with Crippen LogP contribution in [0.2, 0.25) is 0 Å². The molecule has 0 atom stereocenters. The summed E-state index contributed by atoms with van der Waals surface area (Å²) in [6.45, 7) is 2.12. The van der Waals surface area contributed by atoms with Gasteiger partial charge in [-0.3, -0.25) is 4.79 Å². The van der Waals surface area contributed by atoms with Crippen molar-refractivity contribution in [1.29, 1.82) is 0 Å². The molecule has 22 heavy (non-hydrogen) atoms. The summed E-state index contributed by atoms with van der Waals surface area (Å²) in [6.07, 6.45) is 4.50. The predicted molar refractivity (Wildman–Crippen MR) is 83.3 cm³/mol. The van der Waals surface area contributed by atoms with E-state index in [9.17, 15) is 13.2 Å². The van der Waals surface area contributed by atoms with Crippen molar-refractivity contribution < 1.29 is 13.2 Å². The minimum Gasteiger partial charge on any atom is -0.267 e. The number of nitrogens with zero attached hydrogens (tertiary/aromatic N) is 2. The number of amides is 1. The van der Waals surface area contributed by atoms with Gasteiger partial charge < -0.3 is 0 Å². The van der Waals surface area contributed by atoms with Crippen molar-refractivity contribution in [2.75, 3.05) is 4.31 Å². The first-order valence-electron chi connectivity index (χ1n) is 7.19. The summed E-state index contributed by atoms with van der Waals surface area (Å²) in [4.78, 5) is 16.2. The third kappa shape index (κ3) is 2.29. The Labute approximate surface area is 129 Å². The molecular formula is C16H16N2O3S. The lowest BCUT2D eigenvalue weighted by atomic mass is 10.1. The molecule has 0 unspecified atom stereocenters. The summed E-state index contributed by atoms with van der Waals surface area (Å²) in [5.41, 5.74) is 1.60. The zero-order valence-corrected chi connectivity index (χ0v) is 13.0. The number of rotatable bonds is 4. The molecule has 0 fully saturated rings. The molecule has 0 N–H and O–H groups in total. The van der Waals surface area contributed by atoms with Gasteiger partial charge in [0.25, 0.3) is 15.9 Å². The van der Waals surface area contributed by atoms with Gasteiger partial charge in [-0.2, -0.15) is 12.7 Å². The average Bonchev–Trinajstić information content (AvgIpc) is 2.73. The number of carbonyl (C=O) groups is 1. The molecule has 0 saturated carbocycles. The van der Waals surface area contributed by atoms with Crippen LogP contribution in [-0.2, 0) is 16.4 Å². The second-order valence-electron chi connectivity index (χ2n) is 5.20. The van der Waals surface area contributed by atoms with E-state index in [1.165, 1.54) is 12.3 Å². The highest BCUT2D eigenvalue weighted by Gasteiger charge is 2.43. The van der Waals surface area contributed by atoms with E-state index in [2.05, 4.69) is 11.9 Å². The number of unbranched alkanes of at least 4 members (excludes halogenated alkanes) is 1. The molecule has 0 bridgehead atoms. The molecule has 2 aromatic rings. The number of sulfonamides is 1. The zero-order valence-electron chi connectivity index (χ0n) is 12.2. The van der Waals surface area contributed by atoms with E-state index in [-0.39, 0.29) is 10.6 Å². The van der Waals surface area contributed by atoms with Crippen molar-refractivity contribution in [3.63, 3.8) is 0 Å². The van der Waals surface area contributed by atoms with Crippen LogP contribution in [0.4, 0.5) is 5.69 Å². The maximum atomic E-state index is 12.5. The van der Waals surface area contributed by atoms with Crippen molar-refractivity contribution in [2.45, 2.75) is 31.2 Å². The summed E-state index contributed by atoms with van der Waals surface area (Å²) < 4.78 is 25.8. The number of benzene rings is 1. The fourth-order valence-corrected chi connectivity index (χ4v) is 4.02. The zero-order chi connectivity index (χ0) is 15.7. The van der Waals surface area contributed by atoms with Crippen LogP contribution in [0.25, 0.3) is 0 Å². The molecule has 1 aromatic heterocycles. The number of fused-ring (bicyclic) bond motifs is 1. The highest BCUT2D eigenvalue weighted by atomic mass is 32.2. The largest absolute Gasteiger partial charge is 0.289 e. The van der Waals surface area contributed by atoms with E-state index in [4.69, 9.17) is 0 Å². The topological polar surface area (TPSA) is 67.3 Å². The van der Waals surface area contributed by atoms with Crippen LogP contribution >= 0.6 is 0 Å². The lowest BCUT2D eigenvalue weighted by Crippen LogP contribution is -2.29. The van der Waals surface area contributed by atoms with E-state index in [1.54, 1.807) is 18.2 Å². The molecule has 1 aromatic carbocycles. The molecule has 2 heterocycles. The number of carbonyl (C=O) groups excluding carboxylic acids is 1. The molecule has 0 aliphatic carbocycles. The fraction of sp³-hybridized carbons (Fsp3) is 0.250. The molecule has 1 aliphatic heterocycles. The third-order valence-corrected chi connectivity index (χ3v) is 5.33. The molecule has 0 saturated heterocycles. The minimum absolute atomic E-state index is 0.123. The van der Waals surface area contributed by atoms with Gasteiger partial charge in [0.05, 0.1) is 11.3 Å². The van der Waals surface area contributed by atoms with Crippen LogP contribution in [0.5, 0.6) is 0 Å². The molecule has 0 spiro atoms. The lowest BCUT2D eigenvalue weighted by Gasteiger charge is -2.15. The smallest absolute Gasteiger partial charge is 0.267 e. The predicted octanol–water partition coefficient (Wildman–Crippen LogP) is 2.77. The van der Waals surface area contributed by atoms with Crippen molar-refractivity contribution >= 4 is 21.6 Å². The fourth-order valence-electron chi connectivity index (χ4n) is 2.50. The Kier molecular flexibility index (Phi) is 3.70. The number of anilines is 1. The van der Waals surface area contributed by atoms with Gasteiger partial charge in [-0.1, -0.05) is 25.5 Å². The van der Waals surface area contributed by atoms with Crippen molar-refractivity contribution in [1.82, 2.24) is 4.98 Å². The summed E-state index contributed by atoms with van der Waals surface area (Å²) in [7, 11) is -3.91. The van der Waals surface area contributed by atoms with Gasteiger partial charge in [0.1, 0.15) is 0 Å². The Balaban J connectivity index is 1.98. The molecule has 114 valence electrons. The van der Waals surface area contributed by atoms with Crippen LogP contribution in [0.1, 0.15) is 35.7 Å². The SMILES string of the molecule is CCCCc1ccc(N2C(=O)c3cccnc3S2(=O)=O)cc1. The molecule has 1 aliphatic rings. The Hall–Kier alpha value is -2.21. The van der Waals surface area contributed by atoms with Crippen molar-refractivity contribution in [3.8, 4) is 0 Å². The van der Waals surface area contributed by atoms with E-state index >= 15 is 0 Å². The summed E-state index contributed by atoms with van der Waals surface area (Å²) in [5.74, 6) is -0.551. The van der Waals surface area contributed by atoms with Crippen molar-refractivity contribution in [2.24, 2.45) is 0 Å². The average molecular weight is 316 g/mol. The van der Waals surface area contributed by atoms with E-state index in [1.807, 2.05) is 12.1 Å². The Morgan fingerprint density at radius 2 is 1.86 bits per heavy atom. The molecule has 5 nitrogen and oxygen atoms in total. The standard InChI is InChI=1S/C16H16N2O3S/c1-2-3-5-12-7-9-13(10-8-12)18-16(19)14-6-4-11-17-15(14)22(18,20)21/h4,6-11H,2-3,5H2,1H3. The molecular weight excluding hydrogens is 300 g/mol. The third-order valence-electron chi connectivity index (χ3n) is 3.66. The normalized spacial score (nSPS) is 15.9. The second kappa shape index (κ2) is 5.53. The number of hydrogen-bond acceptors (Lipinski definition) is 4. The lowest BCUT2D eigenvalue weighted by molar-refractivity contribution is 0.101. The van der Waals surface area contributed by atoms with Crippen LogP contribution in [0.3, 0.4) is 0 Å². The van der Waals surface area contributed by atoms with Crippen LogP contribution in [-0.4, -0.2) is 19.3 Å². The van der Waals surface area contributed by atoms with Gasteiger partial charge >= 0.3 is 0 Å². The van der Waals surface area contributed by atoms with Gasteiger partial charge in [0.15, 0.2) is 5.03 Å². The minimum atomic E-state index is -3.91. The molecule has 6 heteroatoms. The van der Waals surface area contributed by atoms with E-state index in [0.717, 1.165) is 29.1 Å².